The standard InChI is InChI=1S/C34H46O9/c1-17(35)37-21-15-19-25-39-27-33(19,31(7)13-9-11-29(3,4)23(21)31)43-26-20-16-22(38-18(2)36)24-30(5,6)12-10-14-32(24,8)34(20,42-25)28(40-26)41-27/h15-16,21-28H,9-14H2,1-8H3/t21-,22-,23+,24+,25+,26+,27+,28+,31+,32+,33-,34+/m1/s1. The summed E-state index contributed by atoms with van der Waals surface area (Å²) in [5, 5.41) is 0. The van der Waals surface area contributed by atoms with Crippen LogP contribution in [0.3, 0.4) is 0 Å². The highest BCUT2D eigenvalue weighted by Crippen LogP contribution is 2.74. The molecule has 0 N–H and O–H groups in total. The van der Waals surface area contributed by atoms with Gasteiger partial charge in [-0.1, -0.05) is 54.4 Å². The molecule has 0 aromatic heterocycles. The molecule has 8 aliphatic rings. The van der Waals surface area contributed by atoms with Gasteiger partial charge < -0.3 is 33.2 Å². The molecule has 0 aromatic rings. The quantitative estimate of drug-likeness (QED) is 0.309. The van der Waals surface area contributed by atoms with Gasteiger partial charge in [0.2, 0.25) is 0 Å². The highest BCUT2D eigenvalue weighted by Gasteiger charge is 2.83. The number of ether oxygens (including phenoxy) is 7. The molecular weight excluding hydrogens is 552 g/mol. The van der Waals surface area contributed by atoms with Crippen molar-refractivity contribution >= 4 is 11.9 Å². The minimum absolute atomic E-state index is 0.0502. The predicted molar refractivity (Wildman–Crippen MR) is 152 cm³/mol. The Balaban J connectivity index is 1.36. The van der Waals surface area contributed by atoms with Crippen LogP contribution in [0, 0.1) is 33.5 Å². The summed E-state index contributed by atoms with van der Waals surface area (Å²) < 4.78 is 47.4. The van der Waals surface area contributed by atoms with Crippen LogP contribution < -0.4 is 0 Å². The lowest BCUT2D eigenvalue weighted by Crippen LogP contribution is -2.72. The summed E-state index contributed by atoms with van der Waals surface area (Å²) in [5.41, 5.74) is -1.66. The maximum atomic E-state index is 12.5. The Hall–Kier alpha value is -1.78. The van der Waals surface area contributed by atoms with Gasteiger partial charge in [-0.2, -0.15) is 0 Å². The second-order valence-electron chi connectivity index (χ2n) is 16.3. The van der Waals surface area contributed by atoms with Crippen molar-refractivity contribution in [1.29, 1.82) is 0 Å². The average Bonchev–Trinajstić information content (AvgIpc) is 3.18. The lowest BCUT2D eigenvalue weighted by molar-refractivity contribution is -0.295. The van der Waals surface area contributed by atoms with Crippen LogP contribution in [0.5, 0.6) is 0 Å². The number of hydrogen-bond donors (Lipinski definition) is 0. The van der Waals surface area contributed by atoms with Crippen LogP contribution >= 0.6 is 0 Å². The fourth-order valence-corrected chi connectivity index (χ4v) is 11.9. The molecule has 4 saturated heterocycles. The second-order valence-corrected chi connectivity index (χ2v) is 16.3. The SMILES string of the molecule is CC(=O)O[C@@H]1C=C2[C@H]3O[C@H]4O[C@@H]5O[C@@H](O[C@]24[C@@]2(C)CCCC(C)(C)[C@H]12)C1=C[C@@H](OC(C)=O)[C@H]2C(C)(C)CCC[C@]2(C)[C@]15O3. The summed E-state index contributed by atoms with van der Waals surface area (Å²) >= 11 is 0. The van der Waals surface area contributed by atoms with Crippen molar-refractivity contribution in [3.63, 3.8) is 0 Å². The summed E-state index contributed by atoms with van der Waals surface area (Å²) in [6.45, 7) is 16.5. The summed E-state index contributed by atoms with van der Waals surface area (Å²) in [6.07, 6.45) is 5.87. The fraction of sp³-hybridized carbons (Fsp3) is 0.824. The van der Waals surface area contributed by atoms with Gasteiger partial charge in [-0.15, -0.1) is 0 Å². The van der Waals surface area contributed by atoms with E-state index in [1.165, 1.54) is 13.8 Å². The maximum absolute atomic E-state index is 12.5. The molecule has 43 heavy (non-hydrogen) atoms. The van der Waals surface area contributed by atoms with Crippen LogP contribution in [-0.2, 0) is 42.7 Å². The van der Waals surface area contributed by atoms with E-state index in [0.29, 0.717) is 0 Å². The van der Waals surface area contributed by atoms with Gasteiger partial charge in [0.25, 0.3) is 0 Å². The molecule has 8 rings (SSSR count). The Morgan fingerprint density at radius 2 is 1.05 bits per heavy atom. The lowest BCUT2D eigenvalue weighted by atomic mass is 9.45. The first-order valence-electron chi connectivity index (χ1n) is 16.2. The summed E-state index contributed by atoms with van der Waals surface area (Å²) in [5.74, 6) is -0.715. The Labute approximate surface area is 253 Å². The van der Waals surface area contributed by atoms with Crippen molar-refractivity contribution < 1.29 is 42.7 Å². The molecule has 236 valence electrons. The summed E-state index contributed by atoms with van der Waals surface area (Å²) in [6, 6.07) is 0. The molecule has 0 aromatic carbocycles. The van der Waals surface area contributed by atoms with Crippen molar-refractivity contribution in [3.8, 4) is 0 Å². The minimum atomic E-state index is -1.01. The molecular formula is C34H46O9. The van der Waals surface area contributed by atoms with Crippen LogP contribution in [0.25, 0.3) is 0 Å². The average molecular weight is 599 g/mol. The molecule has 0 unspecified atom stereocenters. The van der Waals surface area contributed by atoms with E-state index in [-0.39, 0.29) is 34.6 Å². The van der Waals surface area contributed by atoms with Gasteiger partial charge in [0, 0.05) is 47.7 Å². The van der Waals surface area contributed by atoms with E-state index < -0.39 is 59.4 Å². The van der Waals surface area contributed by atoms with E-state index in [4.69, 9.17) is 33.2 Å². The van der Waals surface area contributed by atoms with E-state index in [0.717, 1.165) is 49.7 Å². The fourth-order valence-electron chi connectivity index (χ4n) is 11.9. The van der Waals surface area contributed by atoms with E-state index in [1.807, 2.05) is 0 Å². The predicted octanol–water partition coefficient (Wildman–Crippen LogP) is 5.31. The van der Waals surface area contributed by atoms with Gasteiger partial charge in [-0.25, -0.2) is 0 Å². The monoisotopic (exact) mass is 598 g/mol. The van der Waals surface area contributed by atoms with Gasteiger partial charge >= 0.3 is 11.9 Å². The van der Waals surface area contributed by atoms with Crippen molar-refractivity contribution in [2.45, 2.75) is 142 Å². The smallest absolute Gasteiger partial charge is 0.303 e. The molecule has 6 fully saturated rings. The number of hydrogen-bond acceptors (Lipinski definition) is 9. The van der Waals surface area contributed by atoms with Crippen LogP contribution in [0.1, 0.15) is 93.9 Å². The van der Waals surface area contributed by atoms with E-state index in [9.17, 15) is 9.59 Å². The zero-order valence-corrected chi connectivity index (χ0v) is 26.7. The van der Waals surface area contributed by atoms with Crippen molar-refractivity contribution in [2.24, 2.45) is 33.5 Å². The Morgan fingerprint density at radius 3 is 1.42 bits per heavy atom. The number of fused-ring (bicyclic) bond motifs is 6. The van der Waals surface area contributed by atoms with Crippen LogP contribution in [0.4, 0.5) is 0 Å². The largest absolute Gasteiger partial charge is 0.458 e. The molecule has 2 saturated carbocycles. The van der Waals surface area contributed by atoms with Gasteiger partial charge in [0.15, 0.2) is 36.4 Å². The van der Waals surface area contributed by atoms with Crippen molar-refractivity contribution in [3.05, 3.63) is 23.3 Å². The van der Waals surface area contributed by atoms with Gasteiger partial charge in [0.1, 0.15) is 12.2 Å². The number of carbonyl (C=O) groups is 2. The Bertz CT molecular complexity index is 1250. The Kier molecular flexibility index (Phi) is 5.68. The number of carbonyl (C=O) groups excluding carboxylic acids is 2. The van der Waals surface area contributed by atoms with Crippen LogP contribution in [0.15, 0.2) is 23.3 Å². The molecule has 4 heterocycles. The lowest BCUT2D eigenvalue weighted by Gasteiger charge is -2.65. The molecule has 4 bridgehead atoms. The molecule has 4 aliphatic heterocycles. The second kappa shape index (κ2) is 8.52. The zero-order chi connectivity index (χ0) is 30.5. The first kappa shape index (κ1) is 28.7. The van der Waals surface area contributed by atoms with Crippen LogP contribution in [-0.4, -0.2) is 60.5 Å². The first-order valence-corrected chi connectivity index (χ1v) is 16.2. The van der Waals surface area contributed by atoms with Gasteiger partial charge in [0.05, 0.1) is 0 Å². The third-order valence-electron chi connectivity index (χ3n) is 13.1. The molecule has 9 heteroatoms. The van der Waals surface area contributed by atoms with Gasteiger partial charge in [-0.3, -0.25) is 9.59 Å². The topological polar surface area (TPSA) is 98.8 Å². The number of esters is 2. The summed E-state index contributed by atoms with van der Waals surface area (Å²) in [7, 11) is 0. The van der Waals surface area contributed by atoms with Crippen LogP contribution in [0.2, 0.25) is 0 Å². The highest BCUT2D eigenvalue weighted by atomic mass is 16.9. The van der Waals surface area contributed by atoms with Crippen molar-refractivity contribution in [1.82, 2.24) is 0 Å². The summed E-state index contributed by atoms with van der Waals surface area (Å²) in [4.78, 5) is 24.9. The molecule has 0 amide bonds. The molecule has 0 radical (unpaired) electrons. The van der Waals surface area contributed by atoms with Crippen molar-refractivity contribution in [2.75, 3.05) is 0 Å². The number of rotatable bonds is 2. The van der Waals surface area contributed by atoms with E-state index in [1.54, 1.807) is 0 Å². The third-order valence-corrected chi connectivity index (χ3v) is 13.1. The maximum Gasteiger partial charge on any atom is 0.303 e. The third kappa shape index (κ3) is 3.26. The molecule has 12 atom stereocenters. The highest BCUT2D eigenvalue weighted by molar-refractivity contribution is 5.67. The zero-order valence-electron chi connectivity index (χ0n) is 26.7. The first-order chi connectivity index (χ1) is 20.1. The minimum Gasteiger partial charge on any atom is -0.458 e. The van der Waals surface area contributed by atoms with E-state index in [2.05, 4.69) is 53.7 Å². The van der Waals surface area contributed by atoms with E-state index >= 15 is 0 Å². The molecule has 4 aliphatic carbocycles. The van der Waals surface area contributed by atoms with Gasteiger partial charge in [-0.05, 0) is 48.7 Å². The Morgan fingerprint density at radius 1 is 0.651 bits per heavy atom. The normalized spacial score (nSPS) is 52.8. The molecule has 2 spiro atoms. The molecule has 9 nitrogen and oxygen atoms in total.